The summed E-state index contributed by atoms with van der Waals surface area (Å²) in [6, 6.07) is 1.68. The molecule has 7 nitrogen and oxygen atoms in total. The van der Waals surface area contributed by atoms with Crippen molar-refractivity contribution in [2.45, 2.75) is 38.8 Å². The van der Waals surface area contributed by atoms with Crippen molar-refractivity contribution >= 4 is 11.8 Å². The Morgan fingerprint density at radius 2 is 2.24 bits per heavy atom. The number of nitrogens with zero attached hydrogens (tertiary/aromatic N) is 1. The molecule has 1 fully saturated rings. The number of carbonyl (C=O) groups excluding carboxylic acids is 2. The van der Waals surface area contributed by atoms with Crippen LogP contribution in [0.1, 0.15) is 41.1 Å². The number of hydrogen-bond donors (Lipinski definition) is 3. The van der Waals surface area contributed by atoms with E-state index in [4.69, 9.17) is 10.3 Å². The molecule has 1 aromatic heterocycles. The normalized spacial score (nSPS) is 19.3. The Morgan fingerprint density at radius 3 is 2.90 bits per heavy atom. The van der Waals surface area contributed by atoms with Crippen molar-refractivity contribution in [3.8, 4) is 0 Å². The van der Waals surface area contributed by atoms with Crippen molar-refractivity contribution in [2.75, 3.05) is 13.6 Å². The minimum absolute atomic E-state index is 0.0258. The molecular formula is C14H22N4O3. The standard InChI is InChI=1S/C14H22N4O3/c1-9-7-10(21-12(9)14(20)17-15)8-18-6-4-3-5-11(18)13(19)16-2/h7,11H,3-6,8,15H2,1-2H3,(H,16,19)(H,17,20). The summed E-state index contributed by atoms with van der Waals surface area (Å²) in [5, 5.41) is 2.70. The van der Waals surface area contributed by atoms with Gasteiger partial charge in [0.05, 0.1) is 12.6 Å². The van der Waals surface area contributed by atoms with Crippen LogP contribution in [0.2, 0.25) is 0 Å². The van der Waals surface area contributed by atoms with Gasteiger partial charge in [-0.3, -0.25) is 19.9 Å². The van der Waals surface area contributed by atoms with Crippen LogP contribution in [-0.4, -0.2) is 36.3 Å². The zero-order valence-corrected chi connectivity index (χ0v) is 12.4. The summed E-state index contributed by atoms with van der Waals surface area (Å²) in [6.45, 7) is 3.15. The number of rotatable bonds is 4. The Labute approximate surface area is 123 Å². The molecule has 0 saturated carbocycles. The molecule has 116 valence electrons. The topological polar surface area (TPSA) is 101 Å². The van der Waals surface area contributed by atoms with E-state index < -0.39 is 5.91 Å². The first-order chi connectivity index (χ1) is 10.1. The molecule has 1 aromatic rings. The number of nitrogens with two attached hydrogens (primary N) is 1. The van der Waals surface area contributed by atoms with Gasteiger partial charge in [-0.1, -0.05) is 6.42 Å². The van der Waals surface area contributed by atoms with Crippen molar-refractivity contribution in [1.29, 1.82) is 0 Å². The fraction of sp³-hybridized carbons (Fsp3) is 0.571. The van der Waals surface area contributed by atoms with Crippen LogP contribution in [0.15, 0.2) is 10.5 Å². The van der Waals surface area contributed by atoms with Crippen LogP contribution in [0.5, 0.6) is 0 Å². The van der Waals surface area contributed by atoms with Gasteiger partial charge in [-0.2, -0.15) is 0 Å². The monoisotopic (exact) mass is 294 g/mol. The second kappa shape index (κ2) is 6.73. The number of nitrogen functional groups attached to an aromatic ring is 1. The highest BCUT2D eigenvalue weighted by Crippen LogP contribution is 2.22. The van der Waals surface area contributed by atoms with E-state index >= 15 is 0 Å². The zero-order chi connectivity index (χ0) is 15.4. The summed E-state index contributed by atoms with van der Waals surface area (Å²) in [6.07, 6.45) is 2.95. The Hall–Kier alpha value is -1.86. The predicted octanol–water partition coefficient (Wildman–Crippen LogP) is 0.292. The maximum Gasteiger partial charge on any atom is 0.301 e. The number of piperidine rings is 1. The van der Waals surface area contributed by atoms with Gasteiger partial charge in [0.15, 0.2) is 5.76 Å². The van der Waals surface area contributed by atoms with E-state index in [-0.39, 0.29) is 17.7 Å². The maximum absolute atomic E-state index is 11.9. The molecule has 21 heavy (non-hydrogen) atoms. The lowest BCUT2D eigenvalue weighted by molar-refractivity contribution is -0.127. The van der Waals surface area contributed by atoms with Crippen molar-refractivity contribution in [3.05, 3.63) is 23.2 Å². The highest BCUT2D eigenvalue weighted by atomic mass is 16.4. The third-order valence-electron chi connectivity index (χ3n) is 3.83. The van der Waals surface area contributed by atoms with Gasteiger partial charge in [-0.15, -0.1) is 0 Å². The van der Waals surface area contributed by atoms with Gasteiger partial charge in [0.25, 0.3) is 0 Å². The summed E-state index contributed by atoms with van der Waals surface area (Å²) >= 11 is 0. The average molecular weight is 294 g/mol. The van der Waals surface area contributed by atoms with E-state index in [1.165, 1.54) is 0 Å². The molecule has 2 rings (SSSR count). The molecule has 1 unspecified atom stereocenters. The third-order valence-corrected chi connectivity index (χ3v) is 3.83. The molecule has 0 spiro atoms. The first kappa shape index (κ1) is 15.5. The van der Waals surface area contributed by atoms with Crippen molar-refractivity contribution in [2.24, 2.45) is 5.84 Å². The first-order valence-corrected chi connectivity index (χ1v) is 7.12. The fourth-order valence-electron chi connectivity index (χ4n) is 2.76. The molecule has 0 bridgehead atoms. The number of amides is 2. The minimum atomic E-state index is -0.444. The van der Waals surface area contributed by atoms with Gasteiger partial charge in [-0.05, 0) is 32.4 Å². The lowest BCUT2D eigenvalue weighted by atomic mass is 10.0. The minimum Gasteiger partial charge on any atom is -0.454 e. The van der Waals surface area contributed by atoms with Crippen LogP contribution in [0.25, 0.3) is 0 Å². The predicted molar refractivity (Wildman–Crippen MR) is 77.2 cm³/mol. The average Bonchev–Trinajstić information content (AvgIpc) is 2.86. The van der Waals surface area contributed by atoms with E-state index in [9.17, 15) is 9.59 Å². The molecule has 0 aromatic carbocycles. The maximum atomic E-state index is 11.9. The van der Waals surface area contributed by atoms with Gasteiger partial charge in [-0.25, -0.2) is 5.84 Å². The number of carbonyl (C=O) groups is 2. The fourth-order valence-corrected chi connectivity index (χ4v) is 2.76. The van der Waals surface area contributed by atoms with Crippen molar-refractivity contribution < 1.29 is 14.0 Å². The molecule has 4 N–H and O–H groups in total. The third kappa shape index (κ3) is 3.43. The Morgan fingerprint density at radius 1 is 1.48 bits per heavy atom. The van der Waals surface area contributed by atoms with Crippen molar-refractivity contribution in [3.63, 3.8) is 0 Å². The number of furan rings is 1. The highest BCUT2D eigenvalue weighted by molar-refractivity contribution is 5.92. The van der Waals surface area contributed by atoms with Gasteiger partial charge < -0.3 is 9.73 Å². The molecule has 1 aliphatic rings. The van der Waals surface area contributed by atoms with E-state index in [0.717, 1.165) is 31.4 Å². The highest BCUT2D eigenvalue weighted by Gasteiger charge is 2.29. The molecule has 1 saturated heterocycles. The Bertz CT molecular complexity index is 526. The molecule has 1 aliphatic heterocycles. The van der Waals surface area contributed by atoms with Crippen LogP contribution < -0.4 is 16.6 Å². The van der Waals surface area contributed by atoms with Crippen LogP contribution >= 0.6 is 0 Å². The number of aryl methyl sites for hydroxylation is 1. The second-order valence-corrected chi connectivity index (χ2v) is 5.29. The molecule has 0 radical (unpaired) electrons. The lowest BCUT2D eigenvalue weighted by Gasteiger charge is -2.33. The van der Waals surface area contributed by atoms with E-state index in [2.05, 4.69) is 15.6 Å². The Kier molecular flexibility index (Phi) is 4.98. The number of likely N-dealkylation sites (tertiary alicyclic amines) is 1. The molecule has 7 heteroatoms. The number of hydrogen-bond acceptors (Lipinski definition) is 5. The van der Waals surface area contributed by atoms with Gasteiger partial charge in [0.2, 0.25) is 5.91 Å². The Balaban J connectivity index is 2.12. The number of nitrogens with one attached hydrogen (secondary N) is 2. The molecular weight excluding hydrogens is 272 g/mol. The van der Waals surface area contributed by atoms with E-state index in [0.29, 0.717) is 12.3 Å². The lowest BCUT2D eigenvalue weighted by Crippen LogP contribution is -2.48. The SMILES string of the molecule is CNC(=O)C1CCCCN1Cc1cc(C)c(C(=O)NN)o1. The summed E-state index contributed by atoms with van der Waals surface area (Å²) in [7, 11) is 1.65. The zero-order valence-electron chi connectivity index (χ0n) is 12.4. The summed E-state index contributed by atoms with van der Waals surface area (Å²) < 4.78 is 5.57. The van der Waals surface area contributed by atoms with E-state index in [1.54, 1.807) is 14.0 Å². The quantitative estimate of drug-likeness (QED) is 0.421. The van der Waals surface area contributed by atoms with Crippen LogP contribution in [0.3, 0.4) is 0 Å². The van der Waals surface area contributed by atoms with Gasteiger partial charge in [0, 0.05) is 12.6 Å². The first-order valence-electron chi connectivity index (χ1n) is 7.12. The molecule has 0 aliphatic carbocycles. The van der Waals surface area contributed by atoms with Gasteiger partial charge in [0.1, 0.15) is 5.76 Å². The van der Waals surface area contributed by atoms with Crippen LogP contribution in [-0.2, 0) is 11.3 Å². The smallest absolute Gasteiger partial charge is 0.301 e. The van der Waals surface area contributed by atoms with Crippen molar-refractivity contribution in [1.82, 2.24) is 15.6 Å². The molecule has 2 heterocycles. The van der Waals surface area contributed by atoms with Gasteiger partial charge >= 0.3 is 5.91 Å². The largest absolute Gasteiger partial charge is 0.454 e. The summed E-state index contributed by atoms with van der Waals surface area (Å²) in [4.78, 5) is 25.6. The van der Waals surface area contributed by atoms with Crippen LogP contribution in [0, 0.1) is 6.92 Å². The van der Waals surface area contributed by atoms with E-state index in [1.807, 2.05) is 6.07 Å². The number of likely N-dealkylation sites (N-methyl/N-ethyl adjacent to an activating group) is 1. The second-order valence-electron chi connectivity index (χ2n) is 5.29. The molecule has 2 amide bonds. The molecule has 1 atom stereocenters. The summed E-state index contributed by atoms with van der Waals surface area (Å²) in [5.41, 5.74) is 2.80. The summed E-state index contributed by atoms with van der Waals surface area (Å²) in [5.74, 6) is 5.60. The number of hydrazine groups is 1. The van der Waals surface area contributed by atoms with Crippen LogP contribution in [0.4, 0.5) is 0 Å².